The summed E-state index contributed by atoms with van der Waals surface area (Å²) in [7, 11) is 1.99. The van der Waals surface area contributed by atoms with Gasteiger partial charge in [0.2, 0.25) is 0 Å². The first-order valence-electron chi connectivity index (χ1n) is 5.69. The summed E-state index contributed by atoms with van der Waals surface area (Å²) in [5.41, 5.74) is 0. The SMILES string of the molecule is Cn1cnnc1[C@H]1CCN(c2ccncn2)C1. The van der Waals surface area contributed by atoms with Crippen molar-refractivity contribution in [2.24, 2.45) is 7.05 Å². The summed E-state index contributed by atoms with van der Waals surface area (Å²) in [4.78, 5) is 10.5. The van der Waals surface area contributed by atoms with Gasteiger partial charge in [-0.25, -0.2) is 9.97 Å². The van der Waals surface area contributed by atoms with E-state index in [0.29, 0.717) is 5.92 Å². The molecule has 6 heteroatoms. The summed E-state index contributed by atoms with van der Waals surface area (Å²) in [6.07, 6.45) is 6.21. The molecule has 88 valence electrons. The molecule has 1 aliphatic heterocycles. The first-order valence-corrected chi connectivity index (χ1v) is 5.69. The number of nitrogens with zero attached hydrogens (tertiary/aromatic N) is 6. The third kappa shape index (κ3) is 1.86. The molecule has 0 saturated carbocycles. The van der Waals surface area contributed by atoms with Crippen LogP contribution in [0.15, 0.2) is 24.9 Å². The minimum atomic E-state index is 0.442. The normalized spacial score (nSPS) is 19.8. The van der Waals surface area contributed by atoms with E-state index in [1.165, 1.54) is 0 Å². The average Bonchev–Trinajstić information content (AvgIpc) is 2.98. The van der Waals surface area contributed by atoms with Gasteiger partial charge in [0.15, 0.2) is 0 Å². The van der Waals surface area contributed by atoms with E-state index in [1.54, 1.807) is 18.9 Å². The molecule has 6 nitrogen and oxygen atoms in total. The Morgan fingerprint density at radius 1 is 1.41 bits per heavy atom. The summed E-state index contributed by atoms with van der Waals surface area (Å²) in [5.74, 6) is 2.49. The van der Waals surface area contributed by atoms with Crippen LogP contribution in [0.1, 0.15) is 18.2 Å². The van der Waals surface area contributed by atoms with Crippen LogP contribution in [0.4, 0.5) is 5.82 Å². The lowest BCUT2D eigenvalue weighted by Crippen LogP contribution is -2.21. The fraction of sp³-hybridized carbons (Fsp3) is 0.455. The van der Waals surface area contributed by atoms with E-state index in [2.05, 4.69) is 25.1 Å². The Balaban J connectivity index is 1.77. The molecule has 0 amide bonds. The second kappa shape index (κ2) is 4.12. The molecule has 1 fully saturated rings. The van der Waals surface area contributed by atoms with Crippen molar-refractivity contribution in [3.8, 4) is 0 Å². The summed E-state index contributed by atoms with van der Waals surface area (Å²) >= 11 is 0. The highest BCUT2D eigenvalue weighted by Crippen LogP contribution is 2.27. The lowest BCUT2D eigenvalue weighted by atomic mass is 10.1. The van der Waals surface area contributed by atoms with Crippen LogP contribution in [0.2, 0.25) is 0 Å². The molecule has 2 aromatic rings. The number of hydrogen-bond donors (Lipinski definition) is 0. The number of rotatable bonds is 2. The zero-order chi connectivity index (χ0) is 11.7. The maximum atomic E-state index is 4.27. The van der Waals surface area contributed by atoms with Gasteiger partial charge in [0.05, 0.1) is 0 Å². The Morgan fingerprint density at radius 3 is 3.06 bits per heavy atom. The molecule has 0 unspecified atom stereocenters. The molecule has 0 N–H and O–H groups in total. The van der Waals surface area contributed by atoms with E-state index in [0.717, 1.165) is 31.2 Å². The molecule has 0 aromatic carbocycles. The van der Waals surface area contributed by atoms with Crippen LogP contribution < -0.4 is 4.90 Å². The third-order valence-electron chi connectivity index (χ3n) is 3.19. The molecular weight excluding hydrogens is 216 g/mol. The van der Waals surface area contributed by atoms with Gasteiger partial charge in [0.1, 0.15) is 24.3 Å². The van der Waals surface area contributed by atoms with Crippen LogP contribution in [0.5, 0.6) is 0 Å². The van der Waals surface area contributed by atoms with Crippen LogP contribution in [-0.4, -0.2) is 37.8 Å². The van der Waals surface area contributed by atoms with Gasteiger partial charge in [-0.1, -0.05) is 0 Å². The minimum Gasteiger partial charge on any atom is -0.356 e. The average molecular weight is 230 g/mol. The topological polar surface area (TPSA) is 59.7 Å². The van der Waals surface area contributed by atoms with Gasteiger partial charge in [-0.05, 0) is 12.5 Å². The van der Waals surface area contributed by atoms with E-state index in [4.69, 9.17) is 0 Å². The van der Waals surface area contributed by atoms with Gasteiger partial charge in [0, 0.05) is 32.3 Å². The molecule has 1 aliphatic rings. The molecule has 0 bridgehead atoms. The summed E-state index contributed by atoms with van der Waals surface area (Å²) in [5, 5.41) is 8.11. The highest BCUT2D eigenvalue weighted by molar-refractivity contribution is 5.38. The smallest absolute Gasteiger partial charge is 0.137 e. The maximum Gasteiger partial charge on any atom is 0.137 e. The predicted octanol–water partition coefficient (Wildman–Crippen LogP) is 0.599. The van der Waals surface area contributed by atoms with Crippen LogP contribution in [-0.2, 0) is 7.05 Å². The molecule has 0 radical (unpaired) electrons. The van der Waals surface area contributed by atoms with Crippen LogP contribution >= 0.6 is 0 Å². The standard InChI is InChI=1S/C11H14N6/c1-16-8-14-15-11(16)9-3-5-17(6-9)10-2-4-12-7-13-10/h2,4,7-9H,3,5-6H2,1H3/t9-/m0/s1. The van der Waals surface area contributed by atoms with Crippen molar-refractivity contribution < 1.29 is 0 Å². The number of aryl methyl sites for hydroxylation is 1. The lowest BCUT2D eigenvalue weighted by molar-refractivity contribution is 0.662. The van der Waals surface area contributed by atoms with Crippen molar-refractivity contribution >= 4 is 5.82 Å². The van der Waals surface area contributed by atoms with E-state index in [-0.39, 0.29) is 0 Å². The van der Waals surface area contributed by atoms with Gasteiger partial charge < -0.3 is 9.47 Å². The molecular formula is C11H14N6. The minimum absolute atomic E-state index is 0.442. The Hall–Kier alpha value is -1.98. The highest BCUT2D eigenvalue weighted by atomic mass is 15.3. The predicted molar refractivity (Wildman–Crippen MR) is 62.6 cm³/mol. The summed E-state index contributed by atoms with van der Waals surface area (Å²) in [6.45, 7) is 1.96. The maximum absolute atomic E-state index is 4.27. The number of hydrogen-bond acceptors (Lipinski definition) is 5. The Labute approximate surface area is 99.3 Å². The molecule has 2 aromatic heterocycles. The van der Waals surface area contributed by atoms with E-state index in [1.807, 2.05) is 17.7 Å². The zero-order valence-corrected chi connectivity index (χ0v) is 9.69. The highest BCUT2D eigenvalue weighted by Gasteiger charge is 2.27. The van der Waals surface area contributed by atoms with Crippen molar-refractivity contribution in [1.29, 1.82) is 0 Å². The summed E-state index contributed by atoms with van der Waals surface area (Å²) in [6, 6.07) is 1.94. The molecule has 3 heterocycles. The zero-order valence-electron chi connectivity index (χ0n) is 9.69. The van der Waals surface area contributed by atoms with Crippen molar-refractivity contribution in [1.82, 2.24) is 24.7 Å². The van der Waals surface area contributed by atoms with Crippen molar-refractivity contribution in [3.63, 3.8) is 0 Å². The quantitative estimate of drug-likeness (QED) is 0.756. The Morgan fingerprint density at radius 2 is 2.35 bits per heavy atom. The van der Waals surface area contributed by atoms with Crippen molar-refractivity contribution in [3.05, 3.63) is 30.7 Å². The molecule has 0 spiro atoms. The molecule has 3 rings (SSSR count). The van der Waals surface area contributed by atoms with E-state index < -0.39 is 0 Å². The number of anilines is 1. The van der Waals surface area contributed by atoms with Crippen LogP contribution in [0.25, 0.3) is 0 Å². The molecule has 1 atom stereocenters. The van der Waals surface area contributed by atoms with Gasteiger partial charge in [-0.2, -0.15) is 0 Å². The Bertz CT molecular complexity index is 494. The van der Waals surface area contributed by atoms with Crippen molar-refractivity contribution in [2.75, 3.05) is 18.0 Å². The van der Waals surface area contributed by atoms with Crippen LogP contribution in [0.3, 0.4) is 0 Å². The van der Waals surface area contributed by atoms with Gasteiger partial charge in [-0.3, -0.25) is 0 Å². The first-order chi connectivity index (χ1) is 8.34. The van der Waals surface area contributed by atoms with E-state index in [9.17, 15) is 0 Å². The third-order valence-corrected chi connectivity index (χ3v) is 3.19. The fourth-order valence-electron chi connectivity index (χ4n) is 2.31. The largest absolute Gasteiger partial charge is 0.356 e. The van der Waals surface area contributed by atoms with Gasteiger partial charge in [0.25, 0.3) is 0 Å². The lowest BCUT2D eigenvalue weighted by Gasteiger charge is -2.16. The fourth-order valence-corrected chi connectivity index (χ4v) is 2.31. The van der Waals surface area contributed by atoms with Crippen LogP contribution in [0, 0.1) is 0 Å². The monoisotopic (exact) mass is 230 g/mol. The first kappa shape index (κ1) is 10.2. The van der Waals surface area contributed by atoms with Gasteiger partial charge in [-0.15, -0.1) is 10.2 Å². The molecule has 0 aliphatic carbocycles. The molecule has 1 saturated heterocycles. The molecule has 17 heavy (non-hydrogen) atoms. The Kier molecular flexibility index (Phi) is 2.47. The number of aromatic nitrogens is 5. The van der Waals surface area contributed by atoms with E-state index >= 15 is 0 Å². The van der Waals surface area contributed by atoms with Gasteiger partial charge >= 0.3 is 0 Å². The van der Waals surface area contributed by atoms with Crippen molar-refractivity contribution in [2.45, 2.75) is 12.3 Å². The summed E-state index contributed by atoms with van der Waals surface area (Å²) < 4.78 is 1.99. The second-order valence-electron chi connectivity index (χ2n) is 4.30. The second-order valence-corrected chi connectivity index (χ2v) is 4.30.